The van der Waals surface area contributed by atoms with Crippen LogP contribution in [0.2, 0.25) is 5.02 Å². The Hall–Kier alpha value is -0.250. The number of hydrogen-bond acceptors (Lipinski definition) is 2. The van der Waals surface area contributed by atoms with Gasteiger partial charge in [-0.2, -0.15) is 0 Å². The molecule has 2 atom stereocenters. The first kappa shape index (κ1) is 17.1. The molecule has 0 radical (unpaired) electrons. The Labute approximate surface area is 142 Å². The lowest BCUT2D eigenvalue weighted by Crippen LogP contribution is -2.60. The van der Waals surface area contributed by atoms with Crippen LogP contribution in [-0.4, -0.2) is 25.2 Å². The summed E-state index contributed by atoms with van der Waals surface area (Å²) in [5.41, 5.74) is 2.33. The molecule has 0 amide bonds. The Morgan fingerprint density at radius 3 is 2.48 bits per heavy atom. The number of aryl methyl sites for hydroxylation is 1. The Morgan fingerprint density at radius 2 is 1.90 bits per heavy atom. The van der Waals surface area contributed by atoms with E-state index in [0.29, 0.717) is 23.9 Å². The zero-order valence-electron chi connectivity index (χ0n) is 13.6. The van der Waals surface area contributed by atoms with E-state index in [1.807, 2.05) is 6.92 Å². The first-order chi connectivity index (χ1) is 9.81. The zero-order chi connectivity index (χ0) is 15.7. The van der Waals surface area contributed by atoms with Gasteiger partial charge in [0.25, 0.3) is 0 Å². The Morgan fingerprint density at radius 1 is 1.24 bits per heavy atom. The van der Waals surface area contributed by atoms with E-state index in [1.54, 1.807) is 0 Å². The Kier molecular flexibility index (Phi) is 5.61. The van der Waals surface area contributed by atoms with E-state index in [2.05, 4.69) is 66.0 Å². The molecule has 118 valence electrons. The molecule has 1 saturated heterocycles. The lowest BCUT2D eigenvalue weighted by Gasteiger charge is -2.45. The van der Waals surface area contributed by atoms with E-state index in [9.17, 15) is 0 Å². The van der Waals surface area contributed by atoms with Crippen LogP contribution in [0.15, 0.2) is 16.6 Å². The highest BCUT2D eigenvalue weighted by atomic mass is 79.9. The van der Waals surface area contributed by atoms with Crippen LogP contribution in [-0.2, 0) is 0 Å². The van der Waals surface area contributed by atoms with Gasteiger partial charge in [-0.3, -0.25) is 0 Å². The summed E-state index contributed by atoms with van der Waals surface area (Å²) >= 11 is 10.1. The van der Waals surface area contributed by atoms with Crippen molar-refractivity contribution in [1.82, 2.24) is 5.32 Å². The molecule has 1 fully saturated rings. The SMILES string of the molecule is Cc1cc(Br)c(N2CC(C(C)C)NCC2C(C)C)cc1Cl. The average molecular weight is 374 g/mol. The van der Waals surface area contributed by atoms with Crippen LogP contribution in [0, 0.1) is 18.8 Å². The second kappa shape index (κ2) is 6.89. The normalized spacial score (nSPS) is 23.2. The molecule has 1 heterocycles. The highest BCUT2D eigenvalue weighted by molar-refractivity contribution is 9.10. The average Bonchev–Trinajstić information content (AvgIpc) is 2.42. The maximum absolute atomic E-state index is 6.37. The molecular weight excluding hydrogens is 348 g/mol. The van der Waals surface area contributed by atoms with Gasteiger partial charge in [0, 0.05) is 34.7 Å². The van der Waals surface area contributed by atoms with Gasteiger partial charge in [-0.05, 0) is 52.4 Å². The predicted octanol–water partition coefficient (Wildman–Crippen LogP) is 4.87. The fraction of sp³-hybridized carbons (Fsp3) is 0.647. The summed E-state index contributed by atoms with van der Waals surface area (Å²) < 4.78 is 1.14. The Balaban J connectivity index is 2.38. The molecule has 2 rings (SSSR count). The molecule has 1 aromatic carbocycles. The van der Waals surface area contributed by atoms with Gasteiger partial charge in [-0.25, -0.2) is 0 Å². The van der Waals surface area contributed by atoms with Gasteiger partial charge in [-0.15, -0.1) is 0 Å². The fourth-order valence-corrected chi connectivity index (χ4v) is 3.81. The fourth-order valence-electron chi connectivity index (χ4n) is 2.97. The molecule has 2 unspecified atom stereocenters. The molecule has 0 aliphatic carbocycles. The van der Waals surface area contributed by atoms with E-state index in [4.69, 9.17) is 11.6 Å². The summed E-state index contributed by atoms with van der Waals surface area (Å²) in [4.78, 5) is 2.53. The predicted molar refractivity (Wildman–Crippen MR) is 96.5 cm³/mol. The molecule has 0 saturated carbocycles. The molecule has 21 heavy (non-hydrogen) atoms. The monoisotopic (exact) mass is 372 g/mol. The molecule has 1 N–H and O–H groups in total. The van der Waals surface area contributed by atoms with Crippen molar-refractivity contribution in [3.05, 3.63) is 27.2 Å². The number of nitrogens with zero attached hydrogens (tertiary/aromatic N) is 1. The Bertz CT molecular complexity index is 502. The summed E-state index contributed by atoms with van der Waals surface area (Å²) in [6.07, 6.45) is 0. The van der Waals surface area contributed by atoms with Crippen LogP contribution in [0.4, 0.5) is 5.69 Å². The molecular formula is C17H26BrClN2. The number of piperazine rings is 1. The van der Waals surface area contributed by atoms with Crippen molar-refractivity contribution in [3.63, 3.8) is 0 Å². The van der Waals surface area contributed by atoms with Crippen molar-refractivity contribution < 1.29 is 0 Å². The zero-order valence-corrected chi connectivity index (χ0v) is 15.9. The van der Waals surface area contributed by atoms with Crippen LogP contribution in [0.25, 0.3) is 0 Å². The third kappa shape index (κ3) is 3.75. The van der Waals surface area contributed by atoms with Crippen molar-refractivity contribution in [2.75, 3.05) is 18.0 Å². The van der Waals surface area contributed by atoms with Crippen molar-refractivity contribution >= 4 is 33.2 Å². The van der Waals surface area contributed by atoms with Gasteiger partial charge < -0.3 is 10.2 Å². The first-order valence-electron chi connectivity index (χ1n) is 7.77. The van der Waals surface area contributed by atoms with Gasteiger partial charge in [0.15, 0.2) is 0 Å². The summed E-state index contributed by atoms with van der Waals surface area (Å²) in [6, 6.07) is 5.25. The number of halogens is 2. The van der Waals surface area contributed by atoms with Crippen LogP contribution in [0.3, 0.4) is 0 Å². The highest BCUT2D eigenvalue weighted by Gasteiger charge is 2.32. The summed E-state index contributed by atoms with van der Waals surface area (Å²) in [6.45, 7) is 13.2. The van der Waals surface area contributed by atoms with E-state index < -0.39 is 0 Å². The molecule has 0 aromatic heterocycles. The largest absolute Gasteiger partial charge is 0.364 e. The van der Waals surface area contributed by atoms with Crippen LogP contribution < -0.4 is 10.2 Å². The van der Waals surface area contributed by atoms with E-state index >= 15 is 0 Å². The molecule has 2 nitrogen and oxygen atoms in total. The summed E-state index contributed by atoms with van der Waals surface area (Å²) in [5, 5.41) is 4.55. The van der Waals surface area contributed by atoms with E-state index in [0.717, 1.165) is 28.1 Å². The highest BCUT2D eigenvalue weighted by Crippen LogP contribution is 2.35. The minimum Gasteiger partial charge on any atom is -0.364 e. The smallest absolute Gasteiger partial charge is 0.0529 e. The van der Waals surface area contributed by atoms with E-state index in [-0.39, 0.29) is 0 Å². The molecule has 0 spiro atoms. The second-order valence-corrected chi connectivity index (χ2v) is 8.04. The van der Waals surface area contributed by atoms with Gasteiger partial charge >= 0.3 is 0 Å². The lowest BCUT2D eigenvalue weighted by atomic mass is 9.93. The summed E-state index contributed by atoms with van der Waals surface area (Å²) in [5.74, 6) is 1.22. The number of nitrogens with one attached hydrogen (secondary N) is 1. The van der Waals surface area contributed by atoms with Crippen LogP contribution >= 0.6 is 27.5 Å². The molecule has 1 aliphatic rings. The van der Waals surface area contributed by atoms with Gasteiger partial charge in [-0.1, -0.05) is 39.3 Å². The van der Waals surface area contributed by atoms with Crippen molar-refractivity contribution in [3.8, 4) is 0 Å². The minimum absolute atomic E-state index is 0.495. The number of benzene rings is 1. The third-order valence-electron chi connectivity index (χ3n) is 4.49. The van der Waals surface area contributed by atoms with Crippen LogP contribution in [0.1, 0.15) is 33.3 Å². The maximum atomic E-state index is 6.37. The standard InChI is InChI=1S/C17H26BrClN2/c1-10(2)15-9-21(17(8-20-15)11(3)4)16-7-14(19)12(5)6-13(16)18/h6-7,10-11,15,17,20H,8-9H2,1-5H3. The van der Waals surface area contributed by atoms with Gasteiger partial charge in [0.2, 0.25) is 0 Å². The van der Waals surface area contributed by atoms with Crippen molar-refractivity contribution in [2.45, 2.75) is 46.7 Å². The number of hydrogen-bond donors (Lipinski definition) is 1. The van der Waals surface area contributed by atoms with E-state index in [1.165, 1.54) is 5.69 Å². The van der Waals surface area contributed by atoms with Gasteiger partial charge in [0.1, 0.15) is 0 Å². The summed E-state index contributed by atoms with van der Waals surface area (Å²) in [7, 11) is 0. The maximum Gasteiger partial charge on any atom is 0.0529 e. The second-order valence-electron chi connectivity index (χ2n) is 6.78. The van der Waals surface area contributed by atoms with Crippen molar-refractivity contribution in [1.29, 1.82) is 0 Å². The molecule has 1 aromatic rings. The number of rotatable bonds is 3. The lowest BCUT2D eigenvalue weighted by molar-refractivity contribution is 0.295. The van der Waals surface area contributed by atoms with Crippen LogP contribution in [0.5, 0.6) is 0 Å². The molecule has 0 bridgehead atoms. The first-order valence-corrected chi connectivity index (χ1v) is 8.94. The minimum atomic E-state index is 0.495. The molecule has 1 aliphatic heterocycles. The van der Waals surface area contributed by atoms with Crippen molar-refractivity contribution in [2.24, 2.45) is 11.8 Å². The van der Waals surface area contributed by atoms with Gasteiger partial charge in [0.05, 0.1) is 5.69 Å². The quantitative estimate of drug-likeness (QED) is 0.813. The third-order valence-corrected chi connectivity index (χ3v) is 5.54. The molecule has 4 heteroatoms. The topological polar surface area (TPSA) is 15.3 Å². The number of anilines is 1.